The van der Waals surface area contributed by atoms with Gasteiger partial charge in [0.15, 0.2) is 0 Å². The van der Waals surface area contributed by atoms with Gasteiger partial charge >= 0.3 is 5.97 Å². The van der Waals surface area contributed by atoms with Crippen LogP contribution < -0.4 is 4.74 Å². The number of ether oxygens (including phenoxy) is 2. The topological polar surface area (TPSA) is 35.5 Å². The lowest BCUT2D eigenvalue weighted by Gasteiger charge is -2.29. The minimum absolute atomic E-state index is 0.338. The third-order valence-electron chi connectivity index (χ3n) is 3.76. The molecule has 0 N–H and O–H groups in total. The second-order valence-corrected chi connectivity index (χ2v) is 5.90. The van der Waals surface area contributed by atoms with Crippen LogP contribution >= 0.6 is 0 Å². The van der Waals surface area contributed by atoms with Crippen LogP contribution in [0.2, 0.25) is 0 Å². The molecule has 0 atom stereocenters. The van der Waals surface area contributed by atoms with Crippen LogP contribution in [0.1, 0.15) is 40.9 Å². The molecule has 3 heteroatoms. The summed E-state index contributed by atoms with van der Waals surface area (Å²) < 4.78 is 10.9. The molecule has 22 heavy (non-hydrogen) atoms. The van der Waals surface area contributed by atoms with Crippen molar-refractivity contribution >= 4 is 5.97 Å². The van der Waals surface area contributed by atoms with E-state index in [1.807, 2.05) is 45.9 Å². The maximum absolute atomic E-state index is 12.4. The van der Waals surface area contributed by atoms with Crippen molar-refractivity contribution in [1.29, 1.82) is 0 Å². The van der Waals surface area contributed by atoms with Crippen molar-refractivity contribution in [2.24, 2.45) is 0 Å². The summed E-state index contributed by atoms with van der Waals surface area (Å²) in [5, 5.41) is 0. The Morgan fingerprint density at radius 1 is 0.955 bits per heavy atom. The molecular formula is C19H22O3. The third-order valence-corrected chi connectivity index (χ3v) is 3.76. The van der Waals surface area contributed by atoms with Gasteiger partial charge in [-0.15, -0.1) is 0 Å². The predicted octanol–water partition coefficient (Wildman–Crippen LogP) is 4.40. The Morgan fingerprint density at radius 3 is 2.00 bits per heavy atom. The van der Waals surface area contributed by atoms with E-state index in [1.54, 1.807) is 31.4 Å². The molecule has 0 heterocycles. The lowest BCUT2D eigenvalue weighted by Crippen LogP contribution is -2.27. The van der Waals surface area contributed by atoms with Gasteiger partial charge in [0.25, 0.3) is 0 Å². The second kappa shape index (κ2) is 6.22. The molecule has 2 aromatic rings. The summed E-state index contributed by atoms with van der Waals surface area (Å²) in [4.78, 5) is 12.4. The van der Waals surface area contributed by atoms with Crippen LogP contribution in [0.15, 0.2) is 42.5 Å². The fourth-order valence-electron chi connectivity index (χ4n) is 2.83. The zero-order chi connectivity index (χ0) is 16.3. The van der Waals surface area contributed by atoms with E-state index in [4.69, 9.17) is 9.47 Å². The SMILES string of the molecule is COc1ccc(C(=O)OC(C)(C)c2c(C)cccc2C)cc1. The highest BCUT2D eigenvalue weighted by Crippen LogP contribution is 2.31. The van der Waals surface area contributed by atoms with Crippen LogP contribution in [-0.4, -0.2) is 13.1 Å². The predicted molar refractivity (Wildman–Crippen MR) is 87.4 cm³/mol. The summed E-state index contributed by atoms with van der Waals surface area (Å²) in [6.45, 7) is 7.91. The van der Waals surface area contributed by atoms with E-state index in [9.17, 15) is 4.79 Å². The number of benzene rings is 2. The lowest BCUT2D eigenvalue weighted by molar-refractivity contribution is -0.00359. The van der Waals surface area contributed by atoms with Gasteiger partial charge in [-0.2, -0.15) is 0 Å². The van der Waals surface area contributed by atoms with Gasteiger partial charge in [-0.05, 0) is 63.1 Å². The van der Waals surface area contributed by atoms with E-state index in [-0.39, 0.29) is 5.97 Å². The number of hydrogen-bond donors (Lipinski definition) is 0. The summed E-state index contributed by atoms with van der Waals surface area (Å²) in [6.07, 6.45) is 0. The van der Waals surface area contributed by atoms with Gasteiger partial charge in [-0.3, -0.25) is 0 Å². The molecule has 0 fully saturated rings. The van der Waals surface area contributed by atoms with Gasteiger partial charge < -0.3 is 9.47 Å². The van der Waals surface area contributed by atoms with Crippen molar-refractivity contribution in [2.75, 3.05) is 7.11 Å². The van der Waals surface area contributed by atoms with Crippen LogP contribution in [0.3, 0.4) is 0 Å². The van der Waals surface area contributed by atoms with Gasteiger partial charge in [0.05, 0.1) is 12.7 Å². The second-order valence-electron chi connectivity index (χ2n) is 5.90. The number of carbonyl (C=O) groups is 1. The fourth-order valence-corrected chi connectivity index (χ4v) is 2.83. The molecule has 0 aliphatic carbocycles. The maximum Gasteiger partial charge on any atom is 0.338 e. The molecule has 0 saturated heterocycles. The molecule has 2 rings (SSSR count). The smallest absolute Gasteiger partial charge is 0.338 e. The number of rotatable bonds is 4. The molecule has 0 saturated carbocycles. The molecule has 0 amide bonds. The fraction of sp³-hybridized carbons (Fsp3) is 0.316. The average Bonchev–Trinajstić information content (AvgIpc) is 2.46. The minimum atomic E-state index is -0.688. The van der Waals surface area contributed by atoms with Gasteiger partial charge in [-0.25, -0.2) is 4.79 Å². The molecule has 0 bridgehead atoms. The zero-order valence-corrected chi connectivity index (χ0v) is 13.8. The Balaban J connectivity index is 2.25. The van der Waals surface area contributed by atoms with E-state index in [1.165, 1.54) is 0 Å². The highest BCUT2D eigenvalue weighted by Gasteiger charge is 2.29. The summed E-state index contributed by atoms with van der Waals surface area (Å²) in [6, 6.07) is 13.0. The van der Waals surface area contributed by atoms with Crippen molar-refractivity contribution in [3.8, 4) is 5.75 Å². The molecular weight excluding hydrogens is 276 g/mol. The first-order valence-electron chi connectivity index (χ1n) is 7.29. The first-order valence-corrected chi connectivity index (χ1v) is 7.29. The zero-order valence-electron chi connectivity index (χ0n) is 13.8. The Kier molecular flexibility index (Phi) is 4.55. The van der Waals surface area contributed by atoms with E-state index < -0.39 is 5.60 Å². The first kappa shape index (κ1) is 16.1. The van der Waals surface area contributed by atoms with Crippen molar-refractivity contribution in [3.05, 3.63) is 64.7 Å². The van der Waals surface area contributed by atoms with Crippen LogP contribution in [-0.2, 0) is 10.3 Å². The number of carbonyl (C=O) groups excluding carboxylic acids is 1. The highest BCUT2D eigenvalue weighted by atomic mass is 16.6. The molecule has 0 unspecified atom stereocenters. The van der Waals surface area contributed by atoms with Crippen molar-refractivity contribution in [3.63, 3.8) is 0 Å². The summed E-state index contributed by atoms with van der Waals surface area (Å²) in [5.41, 5.74) is 3.11. The molecule has 3 nitrogen and oxygen atoms in total. The van der Waals surface area contributed by atoms with Crippen LogP contribution in [0, 0.1) is 13.8 Å². The molecule has 0 aromatic heterocycles. The lowest BCUT2D eigenvalue weighted by atomic mass is 9.89. The summed E-state index contributed by atoms with van der Waals surface area (Å²) in [7, 11) is 1.59. The Morgan fingerprint density at radius 2 is 1.50 bits per heavy atom. The number of methoxy groups -OCH3 is 1. The normalized spacial score (nSPS) is 11.1. The summed E-state index contributed by atoms with van der Waals surface area (Å²) in [5.74, 6) is 0.376. The van der Waals surface area contributed by atoms with Crippen LogP contribution in [0.4, 0.5) is 0 Å². The van der Waals surface area contributed by atoms with E-state index in [0.717, 1.165) is 16.7 Å². The van der Waals surface area contributed by atoms with Gasteiger partial charge in [0.1, 0.15) is 11.4 Å². The van der Waals surface area contributed by atoms with E-state index in [2.05, 4.69) is 0 Å². The van der Waals surface area contributed by atoms with Gasteiger partial charge in [0.2, 0.25) is 0 Å². The number of esters is 1. The maximum atomic E-state index is 12.4. The molecule has 0 aliphatic rings. The van der Waals surface area contributed by atoms with Crippen LogP contribution in [0.5, 0.6) is 5.75 Å². The largest absolute Gasteiger partial charge is 0.497 e. The van der Waals surface area contributed by atoms with E-state index >= 15 is 0 Å². The number of hydrogen-bond acceptors (Lipinski definition) is 3. The van der Waals surface area contributed by atoms with Crippen LogP contribution in [0.25, 0.3) is 0 Å². The average molecular weight is 298 g/mol. The Labute approximate surface area is 131 Å². The number of aryl methyl sites for hydroxylation is 2. The first-order chi connectivity index (χ1) is 10.3. The van der Waals surface area contributed by atoms with E-state index in [0.29, 0.717) is 11.3 Å². The highest BCUT2D eigenvalue weighted by molar-refractivity contribution is 5.89. The Hall–Kier alpha value is -2.29. The molecule has 116 valence electrons. The minimum Gasteiger partial charge on any atom is -0.497 e. The molecule has 0 spiro atoms. The van der Waals surface area contributed by atoms with Crippen molar-refractivity contribution < 1.29 is 14.3 Å². The molecule has 2 aromatic carbocycles. The molecule has 0 aliphatic heterocycles. The Bertz CT molecular complexity index is 649. The quantitative estimate of drug-likeness (QED) is 0.785. The van der Waals surface area contributed by atoms with Crippen molar-refractivity contribution in [2.45, 2.75) is 33.3 Å². The van der Waals surface area contributed by atoms with Gasteiger partial charge in [0, 0.05) is 5.56 Å². The molecule has 0 radical (unpaired) electrons. The summed E-state index contributed by atoms with van der Waals surface area (Å²) >= 11 is 0. The standard InChI is InChI=1S/C19H22O3/c1-13-7-6-8-14(2)17(13)19(3,4)22-18(20)15-9-11-16(21-5)12-10-15/h6-12H,1-5H3. The third kappa shape index (κ3) is 3.30. The van der Waals surface area contributed by atoms with Crippen molar-refractivity contribution in [1.82, 2.24) is 0 Å². The monoisotopic (exact) mass is 298 g/mol. The van der Waals surface area contributed by atoms with Gasteiger partial charge in [-0.1, -0.05) is 18.2 Å².